The molecule has 2 nitrogen and oxygen atoms in total. The predicted octanol–water partition coefficient (Wildman–Crippen LogP) is 3.25. The van der Waals surface area contributed by atoms with E-state index in [0.29, 0.717) is 0 Å². The summed E-state index contributed by atoms with van der Waals surface area (Å²) in [5, 5.41) is 9.29. The first-order valence-electron chi connectivity index (χ1n) is 6.93. The Labute approximate surface area is 117 Å². The molecule has 0 radical (unpaired) electrons. The summed E-state index contributed by atoms with van der Waals surface area (Å²) in [6.45, 7) is 5.13. The van der Waals surface area contributed by atoms with E-state index < -0.39 is 6.10 Å². The first kappa shape index (κ1) is 17.5. The largest absolute Gasteiger partial charge is 0.380 e. The minimum absolute atomic E-state index is 0.0637. The summed E-state index contributed by atoms with van der Waals surface area (Å²) in [4.78, 5) is 10.7. The molecule has 0 amide bonds. The number of unbranched alkanes of at least 4 members (excludes halogenated alkanes) is 6. The van der Waals surface area contributed by atoms with Crippen molar-refractivity contribution in [2.45, 2.75) is 64.4 Å². The van der Waals surface area contributed by atoms with Gasteiger partial charge in [-0.05, 0) is 38.0 Å². The zero-order chi connectivity index (χ0) is 14.3. The van der Waals surface area contributed by atoms with Gasteiger partial charge in [0.15, 0.2) is 0 Å². The van der Waals surface area contributed by atoms with Gasteiger partial charge in [-0.15, -0.1) is 6.58 Å². The van der Waals surface area contributed by atoms with Crippen LogP contribution < -0.4 is 0 Å². The van der Waals surface area contributed by atoms with Crippen molar-refractivity contribution in [3.63, 3.8) is 0 Å². The Hall–Kier alpha value is -1.51. The highest BCUT2D eigenvalue weighted by Gasteiger charge is 2.01. The summed E-state index contributed by atoms with van der Waals surface area (Å²) in [5.74, 6) is 10.7. The van der Waals surface area contributed by atoms with Gasteiger partial charge in [0.2, 0.25) is 0 Å². The third kappa shape index (κ3) is 14.4. The van der Waals surface area contributed by atoms with Crippen molar-refractivity contribution in [3.8, 4) is 23.7 Å². The molecule has 104 valence electrons. The molecule has 0 fully saturated rings. The molecular formula is C17H24O2. The van der Waals surface area contributed by atoms with Crippen LogP contribution in [0.5, 0.6) is 0 Å². The molecule has 0 aromatic carbocycles. The summed E-state index contributed by atoms with van der Waals surface area (Å²) in [6, 6.07) is 0. The molecule has 19 heavy (non-hydrogen) atoms. The highest BCUT2D eigenvalue weighted by molar-refractivity contribution is 5.76. The van der Waals surface area contributed by atoms with E-state index in [2.05, 4.69) is 30.3 Å². The fraction of sp³-hybridized carbons (Fsp3) is 0.588. The van der Waals surface area contributed by atoms with Crippen LogP contribution in [0.4, 0.5) is 0 Å². The second-order valence-electron chi connectivity index (χ2n) is 4.59. The Balaban J connectivity index is 3.52. The Kier molecular flexibility index (Phi) is 11.9. The van der Waals surface area contributed by atoms with E-state index in [0.717, 1.165) is 19.3 Å². The van der Waals surface area contributed by atoms with Gasteiger partial charge in [-0.1, -0.05) is 37.2 Å². The topological polar surface area (TPSA) is 37.3 Å². The van der Waals surface area contributed by atoms with E-state index in [9.17, 15) is 9.90 Å². The van der Waals surface area contributed by atoms with Gasteiger partial charge in [0.1, 0.15) is 11.9 Å². The minimum atomic E-state index is -0.878. The van der Waals surface area contributed by atoms with E-state index in [1.807, 2.05) is 6.08 Å². The molecule has 0 aliphatic heterocycles. The number of carbonyl (C=O) groups is 1. The lowest BCUT2D eigenvalue weighted by molar-refractivity contribution is -0.118. The van der Waals surface area contributed by atoms with E-state index in [-0.39, 0.29) is 12.2 Å². The summed E-state index contributed by atoms with van der Waals surface area (Å²) in [5.41, 5.74) is 0. The van der Waals surface area contributed by atoms with Gasteiger partial charge in [0.05, 0.1) is 0 Å². The lowest BCUT2D eigenvalue weighted by Crippen LogP contribution is -2.07. The second kappa shape index (κ2) is 12.9. The second-order valence-corrected chi connectivity index (χ2v) is 4.59. The van der Waals surface area contributed by atoms with E-state index in [1.54, 1.807) is 0 Å². The maximum atomic E-state index is 10.7. The average molecular weight is 260 g/mol. The lowest BCUT2D eigenvalue weighted by Gasteiger charge is -1.96. The van der Waals surface area contributed by atoms with Crippen LogP contribution in [-0.4, -0.2) is 17.0 Å². The van der Waals surface area contributed by atoms with Crippen molar-refractivity contribution < 1.29 is 9.90 Å². The molecule has 0 saturated carbocycles. The van der Waals surface area contributed by atoms with Crippen molar-refractivity contribution >= 4 is 5.78 Å². The molecule has 0 aliphatic carbocycles. The monoisotopic (exact) mass is 260 g/mol. The Bertz CT molecular complexity index is 374. The van der Waals surface area contributed by atoms with Crippen LogP contribution in [0, 0.1) is 23.7 Å². The quantitative estimate of drug-likeness (QED) is 0.392. The van der Waals surface area contributed by atoms with Crippen LogP contribution in [0.3, 0.4) is 0 Å². The van der Waals surface area contributed by atoms with Crippen molar-refractivity contribution in [1.29, 1.82) is 0 Å². The van der Waals surface area contributed by atoms with Crippen molar-refractivity contribution in [2.24, 2.45) is 0 Å². The number of hydrogen-bond acceptors (Lipinski definition) is 2. The highest BCUT2D eigenvalue weighted by Crippen LogP contribution is 2.06. The molecule has 0 rings (SSSR count). The maximum Gasteiger partial charge on any atom is 0.133 e. The first-order valence-corrected chi connectivity index (χ1v) is 6.93. The zero-order valence-electron chi connectivity index (χ0n) is 11.9. The van der Waals surface area contributed by atoms with Gasteiger partial charge >= 0.3 is 0 Å². The molecule has 0 aromatic rings. The number of ketones is 1. The average Bonchev–Trinajstić information content (AvgIpc) is 2.35. The third-order valence-electron chi connectivity index (χ3n) is 2.58. The lowest BCUT2D eigenvalue weighted by atomic mass is 10.1. The molecule has 0 aromatic heterocycles. The fourth-order valence-electron chi connectivity index (χ4n) is 1.58. The smallest absolute Gasteiger partial charge is 0.133 e. The van der Waals surface area contributed by atoms with Gasteiger partial charge in [-0.2, -0.15) is 0 Å². The van der Waals surface area contributed by atoms with Gasteiger partial charge in [-0.25, -0.2) is 0 Å². The van der Waals surface area contributed by atoms with Crippen LogP contribution >= 0.6 is 0 Å². The molecule has 1 atom stereocenters. The molecule has 0 saturated heterocycles. The Morgan fingerprint density at radius 3 is 2.58 bits per heavy atom. The normalized spacial score (nSPS) is 10.6. The van der Waals surface area contributed by atoms with Crippen molar-refractivity contribution in [2.75, 3.05) is 0 Å². The molecular weight excluding hydrogens is 236 g/mol. The summed E-state index contributed by atoms with van der Waals surface area (Å²) in [6.07, 6.45) is 9.16. The number of aliphatic hydroxyl groups excluding tert-OH is 1. The van der Waals surface area contributed by atoms with Gasteiger partial charge in [-0.3, -0.25) is 4.79 Å². The van der Waals surface area contributed by atoms with Gasteiger partial charge < -0.3 is 5.11 Å². The van der Waals surface area contributed by atoms with Crippen LogP contribution in [0.15, 0.2) is 12.7 Å². The van der Waals surface area contributed by atoms with E-state index in [4.69, 9.17) is 0 Å². The predicted molar refractivity (Wildman–Crippen MR) is 79.4 cm³/mol. The van der Waals surface area contributed by atoms with E-state index in [1.165, 1.54) is 32.6 Å². The van der Waals surface area contributed by atoms with Crippen molar-refractivity contribution in [3.05, 3.63) is 12.7 Å². The fourth-order valence-corrected chi connectivity index (χ4v) is 1.58. The SMILES string of the molecule is C=CCCCCCCCC#CC#C[C@H](O)CC(C)=O. The summed E-state index contributed by atoms with van der Waals surface area (Å²) >= 11 is 0. The number of aliphatic hydroxyl groups is 1. The molecule has 2 heteroatoms. The maximum absolute atomic E-state index is 10.7. The standard InChI is InChI=1S/C17H24O2/c1-3-4-5-6-7-8-9-10-11-12-13-14-17(19)15-16(2)18/h3,17,19H,1,4-10,15H2,2H3/t17-/m0/s1. The minimum Gasteiger partial charge on any atom is -0.380 e. The van der Waals surface area contributed by atoms with Gasteiger partial charge in [0, 0.05) is 12.8 Å². The summed E-state index contributed by atoms with van der Waals surface area (Å²) in [7, 11) is 0. The molecule has 0 aliphatic rings. The molecule has 0 heterocycles. The van der Waals surface area contributed by atoms with E-state index >= 15 is 0 Å². The molecule has 1 N–H and O–H groups in total. The number of Topliss-reactive ketones (excluding diaryl/α,β-unsaturated/α-hetero) is 1. The summed E-state index contributed by atoms with van der Waals surface area (Å²) < 4.78 is 0. The van der Waals surface area contributed by atoms with Gasteiger partial charge in [0.25, 0.3) is 0 Å². The van der Waals surface area contributed by atoms with Crippen LogP contribution in [-0.2, 0) is 4.79 Å². The zero-order valence-corrected chi connectivity index (χ0v) is 11.9. The molecule has 0 unspecified atom stereocenters. The highest BCUT2D eigenvalue weighted by atomic mass is 16.3. The molecule has 0 spiro atoms. The number of carbonyl (C=O) groups excluding carboxylic acids is 1. The molecule has 0 bridgehead atoms. The Morgan fingerprint density at radius 2 is 1.89 bits per heavy atom. The van der Waals surface area contributed by atoms with Crippen LogP contribution in [0.25, 0.3) is 0 Å². The first-order chi connectivity index (χ1) is 9.16. The van der Waals surface area contributed by atoms with Crippen molar-refractivity contribution in [1.82, 2.24) is 0 Å². The van der Waals surface area contributed by atoms with Crippen LogP contribution in [0.1, 0.15) is 58.3 Å². The number of rotatable bonds is 9. The number of allylic oxidation sites excluding steroid dienone is 1. The third-order valence-corrected chi connectivity index (χ3v) is 2.58. The number of hydrogen-bond donors (Lipinski definition) is 1. The Morgan fingerprint density at radius 1 is 1.21 bits per heavy atom. The van der Waals surface area contributed by atoms with Crippen LogP contribution in [0.2, 0.25) is 0 Å².